The van der Waals surface area contributed by atoms with Crippen LogP contribution in [0.3, 0.4) is 0 Å². The molecule has 4 rings (SSSR count). The van der Waals surface area contributed by atoms with E-state index in [4.69, 9.17) is 9.51 Å². The molecule has 0 aliphatic carbocycles. The summed E-state index contributed by atoms with van der Waals surface area (Å²) in [5.74, 6) is 1.56. The van der Waals surface area contributed by atoms with E-state index in [9.17, 15) is 4.79 Å². The van der Waals surface area contributed by atoms with Crippen LogP contribution in [0.25, 0.3) is 11.3 Å². The Morgan fingerprint density at radius 3 is 2.77 bits per heavy atom. The number of likely N-dealkylation sites (tertiary alicyclic amines) is 1. The first kappa shape index (κ1) is 20.2. The fourth-order valence-corrected chi connectivity index (χ4v) is 3.80. The van der Waals surface area contributed by atoms with E-state index in [0.717, 1.165) is 42.2 Å². The number of piperidine rings is 1. The quantitative estimate of drug-likeness (QED) is 0.651. The Balaban J connectivity index is 1.69. The molecule has 1 saturated heterocycles. The maximum absolute atomic E-state index is 13.0. The van der Waals surface area contributed by atoms with Gasteiger partial charge in [0.15, 0.2) is 5.76 Å². The van der Waals surface area contributed by atoms with Crippen molar-refractivity contribution in [3.63, 3.8) is 0 Å². The molecule has 156 valence electrons. The van der Waals surface area contributed by atoms with Gasteiger partial charge in [-0.3, -0.25) is 9.78 Å². The second kappa shape index (κ2) is 7.97. The lowest BCUT2D eigenvalue weighted by atomic mass is 9.89. The van der Waals surface area contributed by atoms with Crippen molar-refractivity contribution >= 4 is 5.91 Å². The van der Waals surface area contributed by atoms with Crippen molar-refractivity contribution < 1.29 is 9.32 Å². The molecule has 0 radical (unpaired) electrons. The number of pyridine rings is 1. The first-order chi connectivity index (χ1) is 14.3. The fourth-order valence-electron chi connectivity index (χ4n) is 3.80. The number of aryl methyl sites for hydroxylation is 1. The van der Waals surface area contributed by atoms with Gasteiger partial charge in [0, 0.05) is 49.1 Å². The smallest absolute Gasteiger partial charge is 0.255 e. The van der Waals surface area contributed by atoms with Crippen LogP contribution in [0.15, 0.2) is 41.3 Å². The molecule has 0 aromatic carbocycles. The summed E-state index contributed by atoms with van der Waals surface area (Å²) in [5.41, 5.74) is 3.03. The first-order valence-corrected chi connectivity index (χ1v) is 10.3. The van der Waals surface area contributed by atoms with Crippen LogP contribution in [0.2, 0.25) is 0 Å². The van der Waals surface area contributed by atoms with Gasteiger partial charge in [0.2, 0.25) is 0 Å². The van der Waals surface area contributed by atoms with Crippen molar-refractivity contribution in [3.8, 4) is 11.3 Å². The van der Waals surface area contributed by atoms with Crippen LogP contribution in [-0.4, -0.2) is 44.0 Å². The normalized spacial score (nSPS) is 17.2. The van der Waals surface area contributed by atoms with Crippen molar-refractivity contribution in [1.82, 2.24) is 25.0 Å². The lowest BCUT2D eigenvalue weighted by Crippen LogP contribution is -2.39. The van der Waals surface area contributed by atoms with Crippen molar-refractivity contribution in [3.05, 3.63) is 59.6 Å². The predicted molar refractivity (Wildman–Crippen MR) is 113 cm³/mol. The molecule has 1 amide bonds. The summed E-state index contributed by atoms with van der Waals surface area (Å²) in [6.45, 7) is 9.54. The summed E-state index contributed by atoms with van der Waals surface area (Å²) in [7, 11) is 0. The van der Waals surface area contributed by atoms with Crippen LogP contribution in [-0.2, 0) is 5.41 Å². The van der Waals surface area contributed by atoms with Gasteiger partial charge in [0.05, 0.1) is 22.5 Å². The molecule has 0 bridgehead atoms. The zero-order valence-electron chi connectivity index (χ0n) is 17.9. The molecule has 1 atom stereocenters. The maximum atomic E-state index is 13.0. The third-order valence-electron chi connectivity index (χ3n) is 5.39. The number of carbonyl (C=O) groups is 1. The number of rotatable bonds is 3. The second-order valence-corrected chi connectivity index (χ2v) is 8.91. The van der Waals surface area contributed by atoms with E-state index in [1.807, 2.05) is 30.2 Å². The Hall–Kier alpha value is -3.09. The number of nitrogens with zero attached hydrogens (tertiary/aromatic N) is 5. The molecule has 1 aliphatic rings. The number of carbonyl (C=O) groups excluding carboxylic acids is 1. The lowest BCUT2D eigenvalue weighted by Gasteiger charge is -2.33. The molecule has 30 heavy (non-hydrogen) atoms. The first-order valence-electron chi connectivity index (χ1n) is 10.3. The molecule has 7 nitrogen and oxygen atoms in total. The van der Waals surface area contributed by atoms with Gasteiger partial charge in [-0.25, -0.2) is 9.97 Å². The Labute approximate surface area is 176 Å². The van der Waals surface area contributed by atoms with Crippen LogP contribution >= 0.6 is 0 Å². The minimum absolute atomic E-state index is 0.00922. The Morgan fingerprint density at radius 2 is 2.10 bits per heavy atom. The Bertz CT molecular complexity index is 1040. The molecule has 1 fully saturated rings. The molecule has 3 aromatic heterocycles. The van der Waals surface area contributed by atoms with Gasteiger partial charge in [0.25, 0.3) is 5.91 Å². The van der Waals surface area contributed by atoms with E-state index in [1.165, 1.54) is 0 Å². The standard InChI is InChI=1S/C23H27N5O2/c1-15-11-19(30-27-15)18-13-25-22(23(2,3)4)26-20(18)17-8-6-10-28(14-17)21(29)16-7-5-9-24-12-16/h5,7,9,11-13,17H,6,8,10,14H2,1-4H3. The van der Waals surface area contributed by atoms with Gasteiger partial charge < -0.3 is 9.42 Å². The zero-order valence-corrected chi connectivity index (χ0v) is 17.9. The van der Waals surface area contributed by atoms with Crippen LogP contribution in [0.1, 0.15) is 67.1 Å². The summed E-state index contributed by atoms with van der Waals surface area (Å²) in [4.78, 5) is 28.5. The molecule has 1 aliphatic heterocycles. The summed E-state index contributed by atoms with van der Waals surface area (Å²) in [6, 6.07) is 5.50. The highest BCUT2D eigenvalue weighted by Crippen LogP contribution is 2.35. The van der Waals surface area contributed by atoms with Crippen LogP contribution in [0.4, 0.5) is 0 Å². The molecule has 0 spiro atoms. The molecule has 1 unspecified atom stereocenters. The average molecular weight is 406 g/mol. The monoisotopic (exact) mass is 405 g/mol. The van der Waals surface area contributed by atoms with Crippen LogP contribution in [0, 0.1) is 6.92 Å². The second-order valence-electron chi connectivity index (χ2n) is 8.91. The van der Waals surface area contributed by atoms with Gasteiger partial charge >= 0.3 is 0 Å². The van der Waals surface area contributed by atoms with E-state index in [1.54, 1.807) is 18.5 Å². The van der Waals surface area contributed by atoms with E-state index >= 15 is 0 Å². The summed E-state index contributed by atoms with van der Waals surface area (Å²) in [6.07, 6.45) is 7.01. The maximum Gasteiger partial charge on any atom is 0.255 e. The Kier molecular flexibility index (Phi) is 5.37. The third kappa shape index (κ3) is 4.10. The van der Waals surface area contributed by atoms with Gasteiger partial charge in [-0.2, -0.15) is 0 Å². The minimum atomic E-state index is -0.176. The topological polar surface area (TPSA) is 85.0 Å². The van der Waals surface area contributed by atoms with Crippen molar-refractivity contribution in [1.29, 1.82) is 0 Å². The summed E-state index contributed by atoms with van der Waals surface area (Å²) in [5, 5.41) is 4.03. The van der Waals surface area contributed by atoms with Crippen LogP contribution in [0.5, 0.6) is 0 Å². The number of hydrogen-bond donors (Lipinski definition) is 0. The largest absolute Gasteiger partial charge is 0.356 e. The van der Waals surface area contributed by atoms with Gasteiger partial charge in [0.1, 0.15) is 5.82 Å². The van der Waals surface area contributed by atoms with E-state index < -0.39 is 0 Å². The molecule has 7 heteroatoms. The number of aromatic nitrogens is 4. The number of hydrogen-bond acceptors (Lipinski definition) is 6. The summed E-state index contributed by atoms with van der Waals surface area (Å²) < 4.78 is 5.53. The van der Waals surface area contributed by atoms with E-state index in [-0.39, 0.29) is 17.2 Å². The van der Waals surface area contributed by atoms with Crippen LogP contribution < -0.4 is 0 Å². The van der Waals surface area contributed by atoms with E-state index in [2.05, 4.69) is 35.9 Å². The van der Waals surface area contributed by atoms with Crippen molar-refractivity contribution in [2.24, 2.45) is 0 Å². The molecule has 4 heterocycles. The minimum Gasteiger partial charge on any atom is -0.356 e. The highest BCUT2D eigenvalue weighted by molar-refractivity contribution is 5.94. The van der Waals surface area contributed by atoms with E-state index in [0.29, 0.717) is 17.9 Å². The van der Waals surface area contributed by atoms with Gasteiger partial charge in [-0.15, -0.1) is 0 Å². The highest BCUT2D eigenvalue weighted by Gasteiger charge is 2.30. The highest BCUT2D eigenvalue weighted by atomic mass is 16.5. The fraction of sp³-hybridized carbons (Fsp3) is 0.435. The van der Waals surface area contributed by atoms with Gasteiger partial charge in [-0.1, -0.05) is 25.9 Å². The molecular formula is C23H27N5O2. The number of amides is 1. The Morgan fingerprint density at radius 1 is 1.27 bits per heavy atom. The molecular weight excluding hydrogens is 378 g/mol. The van der Waals surface area contributed by atoms with Crippen molar-refractivity contribution in [2.45, 2.75) is 51.9 Å². The van der Waals surface area contributed by atoms with Gasteiger partial charge in [-0.05, 0) is 31.9 Å². The zero-order chi connectivity index (χ0) is 21.3. The molecule has 3 aromatic rings. The molecule has 0 saturated carbocycles. The predicted octanol–water partition coefficient (Wildman–Crippen LogP) is 4.15. The van der Waals surface area contributed by atoms with Crippen molar-refractivity contribution in [2.75, 3.05) is 13.1 Å². The average Bonchev–Trinajstić information content (AvgIpc) is 3.19. The lowest BCUT2D eigenvalue weighted by molar-refractivity contribution is 0.0705. The molecule has 0 N–H and O–H groups in total. The SMILES string of the molecule is Cc1cc(-c2cnc(C(C)(C)C)nc2C2CCCN(C(=O)c3cccnc3)C2)on1. The third-order valence-corrected chi connectivity index (χ3v) is 5.39. The summed E-state index contributed by atoms with van der Waals surface area (Å²) >= 11 is 0.